The number of hydrogen-bond donors (Lipinski definition) is 3. The van der Waals surface area contributed by atoms with Gasteiger partial charge in [-0.1, -0.05) is 0 Å². The smallest absolute Gasteiger partial charge is 0.303 e. The lowest BCUT2D eigenvalue weighted by Gasteiger charge is -1.85. The molecule has 0 aliphatic carbocycles. The van der Waals surface area contributed by atoms with Crippen LogP contribution in [0.15, 0.2) is 0 Å². The lowest BCUT2D eigenvalue weighted by atomic mass is 10.3. The first-order valence-electron chi connectivity index (χ1n) is 3.63. The van der Waals surface area contributed by atoms with Crippen LogP contribution in [-0.2, 0) is 19.6 Å². The maximum Gasteiger partial charge on any atom is 0.303 e. The standard InChI is InChI=1S/C4H6O4.C2H7NO2S/c5-3(6)1-2-4(7)8;1-2-6(3,4)5/h1-2H2,(H,5,6)(H,7,8);2H2,1H3,(H2,3,4,5). The van der Waals surface area contributed by atoms with Crippen LogP contribution in [0.3, 0.4) is 0 Å². The minimum atomic E-state index is -3.16. The van der Waals surface area contributed by atoms with E-state index in [0.717, 1.165) is 0 Å². The molecule has 8 heteroatoms. The zero-order valence-electron chi connectivity index (χ0n) is 7.63. The number of sulfonamides is 1. The topological polar surface area (TPSA) is 135 Å². The van der Waals surface area contributed by atoms with Gasteiger partial charge in [0, 0.05) is 0 Å². The zero-order chi connectivity index (χ0) is 11.8. The molecular formula is C6H13NO6S. The number of carboxylic acid groups (broad SMARTS) is 2. The van der Waals surface area contributed by atoms with Crippen LogP contribution in [0.4, 0.5) is 0 Å². The Kier molecular flexibility index (Phi) is 7.96. The minimum absolute atomic E-state index is 0.0208. The minimum Gasteiger partial charge on any atom is -0.481 e. The summed E-state index contributed by atoms with van der Waals surface area (Å²) in [5, 5.41) is 20.3. The van der Waals surface area contributed by atoms with Crippen LogP contribution in [0.25, 0.3) is 0 Å². The summed E-state index contributed by atoms with van der Waals surface area (Å²) in [6.45, 7) is 1.50. The summed E-state index contributed by atoms with van der Waals surface area (Å²) in [7, 11) is -3.16. The molecule has 0 saturated heterocycles. The van der Waals surface area contributed by atoms with Crippen molar-refractivity contribution in [3.05, 3.63) is 0 Å². The first kappa shape index (κ1) is 15.3. The number of nitrogens with two attached hydrogens (primary N) is 1. The zero-order valence-corrected chi connectivity index (χ0v) is 8.45. The largest absolute Gasteiger partial charge is 0.481 e. The average Bonchev–Trinajstić information content (AvgIpc) is 2.01. The lowest BCUT2D eigenvalue weighted by molar-refractivity contribution is -0.143. The summed E-state index contributed by atoms with van der Waals surface area (Å²) >= 11 is 0. The Morgan fingerprint density at radius 2 is 1.36 bits per heavy atom. The van der Waals surface area contributed by atoms with Crippen molar-refractivity contribution in [3.63, 3.8) is 0 Å². The van der Waals surface area contributed by atoms with Crippen LogP contribution in [0.1, 0.15) is 19.8 Å². The van der Waals surface area contributed by atoms with Gasteiger partial charge in [-0.15, -0.1) is 0 Å². The number of carboxylic acids is 2. The van der Waals surface area contributed by atoms with E-state index in [0.29, 0.717) is 0 Å². The molecule has 0 aromatic heterocycles. The highest BCUT2D eigenvalue weighted by Crippen LogP contribution is 1.86. The SMILES string of the molecule is CCS(N)(=O)=O.O=C(O)CCC(=O)O. The summed E-state index contributed by atoms with van der Waals surface area (Å²) in [6.07, 6.45) is -0.593. The van der Waals surface area contributed by atoms with Crippen molar-refractivity contribution in [3.8, 4) is 0 Å². The average molecular weight is 227 g/mol. The van der Waals surface area contributed by atoms with E-state index in [9.17, 15) is 18.0 Å². The van der Waals surface area contributed by atoms with Crippen LogP contribution in [0.5, 0.6) is 0 Å². The summed E-state index contributed by atoms with van der Waals surface area (Å²) in [5.41, 5.74) is 0. The summed E-state index contributed by atoms with van der Waals surface area (Å²) in [5.74, 6) is -2.13. The molecule has 0 unspecified atom stereocenters. The van der Waals surface area contributed by atoms with Crippen molar-refractivity contribution in [2.24, 2.45) is 5.14 Å². The number of rotatable bonds is 4. The highest BCUT2D eigenvalue weighted by molar-refractivity contribution is 7.89. The van der Waals surface area contributed by atoms with Gasteiger partial charge < -0.3 is 10.2 Å². The van der Waals surface area contributed by atoms with Gasteiger partial charge >= 0.3 is 11.9 Å². The predicted molar refractivity (Wildman–Crippen MR) is 48.2 cm³/mol. The van der Waals surface area contributed by atoms with Crippen LogP contribution in [0.2, 0.25) is 0 Å². The third-order valence-corrected chi connectivity index (χ3v) is 1.76. The number of hydrogen-bond acceptors (Lipinski definition) is 4. The predicted octanol–water partition coefficient (Wildman–Crippen LogP) is -0.769. The van der Waals surface area contributed by atoms with Gasteiger partial charge in [-0.25, -0.2) is 13.6 Å². The Bertz CT molecular complexity index is 269. The van der Waals surface area contributed by atoms with Crippen LogP contribution >= 0.6 is 0 Å². The van der Waals surface area contributed by atoms with Crippen molar-refractivity contribution in [2.75, 3.05) is 5.75 Å². The molecule has 0 atom stereocenters. The Morgan fingerprint density at radius 1 is 1.14 bits per heavy atom. The van der Waals surface area contributed by atoms with Gasteiger partial charge in [0.15, 0.2) is 0 Å². The van der Waals surface area contributed by atoms with E-state index < -0.39 is 22.0 Å². The van der Waals surface area contributed by atoms with Gasteiger partial charge in [0.05, 0.1) is 18.6 Å². The molecule has 0 aromatic rings. The molecule has 0 fully saturated rings. The van der Waals surface area contributed by atoms with Crippen molar-refractivity contribution in [1.82, 2.24) is 0 Å². The molecule has 0 spiro atoms. The third-order valence-electron chi connectivity index (χ3n) is 0.955. The maximum absolute atomic E-state index is 9.78. The second-order valence-electron chi connectivity index (χ2n) is 2.24. The Balaban J connectivity index is 0. The van der Waals surface area contributed by atoms with E-state index in [2.05, 4.69) is 5.14 Å². The van der Waals surface area contributed by atoms with Crippen LogP contribution in [-0.4, -0.2) is 36.3 Å². The first-order valence-corrected chi connectivity index (χ1v) is 5.34. The van der Waals surface area contributed by atoms with Gasteiger partial charge in [-0.2, -0.15) is 0 Å². The highest BCUT2D eigenvalue weighted by Gasteiger charge is 2.00. The highest BCUT2D eigenvalue weighted by atomic mass is 32.2. The van der Waals surface area contributed by atoms with E-state index in [4.69, 9.17) is 10.2 Å². The van der Waals surface area contributed by atoms with Crippen molar-refractivity contribution >= 4 is 22.0 Å². The molecule has 0 amide bonds. The van der Waals surface area contributed by atoms with Gasteiger partial charge in [0.1, 0.15) is 0 Å². The molecular weight excluding hydrogens is 214 g/mol. The van der Waals surface area contributed by atoms with Gasteiger partial charge in [0.25, 0.3) is 0 Å². The molecule has 4 N–H and O–H groups in total. The normalized spacial score (nSPS) is 9.86. The molecule has 0 radical (unpaired) electrons. The fraction of sp³-hybridized carbons (Fsp3) is 0.667. The molecule has 0 heterocycles. The summed E-state index contributed by atoms with van der Waals surface area (Å²) in [6, 6.07) is 0. The fourth-order valence-corrected chi connectivity index (χ4v) is 0.214. The molecule has 0 aliphatic rings. The van der Waals surface area contributed by atoms with E-state index in [1.807, 2.05) is 0 Å². The molecule has 0 aromatic carbocycles. The van der Waals surface area contributed by atoms with Gasteiger partial charge in [-0.3, -0.25) is 9.59 Å². The van der Waals surface area contributed by atoms with E-state index in [1.54, 1.807) is 0 Å². The molecule has 0 aliphatic heterocycles. The Labute approximate surface area is 81.6 Å². The van der Waals surface area contributed by atoms with Crippen molar-refractivity contribution in [2.45, 2.75) is 19.8 Å². The third kappa shape index (κ3) is 22.4. The Hall–Kier alpha value is -1.15. The molecule has 0 rings (SSSR count). The second-order valence-corrected chi connectivity index (χ2v) is 4.14. The monoisotopic (exact) mass is 227 g/mol. The second kappa shape index (κ2) is 7.27. The number of aliphatic carboxylic acids is 2. The molecule has 0 saturated carbocycles. The van der Waals surface area contributed by atoms with Crippen molar-refractivity contribution < 1.29 is 28.2 Å². The van der Waals surface area contributed by atoms with E-state index >= 15 is 0 Å². The Morgan fingerprint density at radius 3 is 1.43 bits per heavy atom. The van der Waals surface area contributed by atoms with E-state index in [-0.39, 0.29) is 18.6 Å². The van der Waals surface area contributed by atoms with Crippen LogP contribution < -0.4 is 5.14 Å². The first-order chi connectivity index (χ1) is 6.19. The quantitative estimate of drug-likeness (QED) is 0.577. The van der Waals surface area contributed by atoms with Gasteiger partial charge in [0.2, 0.25) is 10.0 Å². The lowest BCUT2D eigenvalue weighted by Crippen LogP contribution is -2.13. The summed E-state index contributed by atoms with van der Waals surface area (Å²) < 4.78 is 19.6. The summed E-state index contributed by atoms with van der Waals surface area (Å²) in [4.78, 5) is 19.3. The molecule has 7 nitrogen and oxygen atoms in total. The van der Waals surface area contributed by atoms with Crippen LogP contribution in [0, 0.1) is 0 Å². The van der Waals surface area contributed by atoms with E-state index in [1.165, 1.54) is 6.92 Å². The maximum atomic E-state index is 9.78. The molecule has 0 bridgehead atoms. The molecule has 14 heavy (non-hydrogen) atoms. The fourth-order valence-electron chi connectivity index (χ4n) is 0.214. The molecule has 84 valence electrons. The number of primary sulfonamides is 1. The van der Waals surface area contributed by atoms with Gasteiger partial charge in [-0.05, 0) is 6.92 Å². The van der Waals surface area contributed by atoms with Crippen molar-refractivity contribution in [1.29, 1.82) is 0 Å². The number of carbonyl (C=O) groups is 2.